The molecule has 0 spiro atoms. The minimum Gasteiger partial charge on any atom is -0.379 e. The summed E-state index contributed by atoms with van der Waals surface area (Å²) in [6, 6.07) is 9.52. The Hall–Kier alpha value is -3.23. The molecule has 3 aromatic heterocycles. The van der Waals surface area contributed by atoms with Crippen molar-refractivity contribution in [3.8, 4) is 0 Å². The van der Waals surface area contributed by atoms with E-state index in [0.29, 0.717) is 11.4 Å². The minimum atomic E-state index is -0.192. The maximum absolute atomic E-state index is 12.7. The lowest BCUT2D eigenvalue weighted by molar-refractivity contribution is 0.0337. The van der Waals surface area contributed by atoms with Gasteiger partial charge in [0, 0.05) is 61.0 Å². The molecule has 4 aromatic rings. The number of anilines is 1. The molecule has 8 nitrogen and oxygen atoms in total. The average molecular weight is 390 g/mol. The first-order chi connectivity index (χ1) is 14.2. The number of ether oxygens (including phenoxy) is 1. The lowest BCUT2D eigenvalue weighted by atomic mass is 10.1. The molecule has 148 valence electrons. The quantitative estimate of drug-likeness (QED) is 0.559. The topological polar surface area (TPSA) is 88.1 Å². The maximum atomic E-state index is 12.7. The summed E-state index contributed by atoms with van der Waals surface area (Å²) in [5.41, 5.74) is 3.66. The van der Waals surface area contributed by atoms with Crippen LogP contribution in [-0.4, -0.2) is 56.9 Å². The van der Waals surface area contributed by atoms with Crippen LogP contribution in [0.25, 0.3) is 21.8 Å². The van der Waals surface area contributed by atoms with Crippen molar-refractivity contribution in [2.45, 2.75) is 6.54 Å². The van der Waals surface area contributed by atoms with Crippen molar-refractivity contribution >= 4 is 33.5 Å². The summed E-state index contributed by atoms with van der Waals surface area (Å²) in [6.07, 6.45) is 3.54. The molecule has 1 saturated heterocycles. The molecule has 0 aliphatic carbocycles. The molecular weight excluding hydrogens is 368 g/mol. The standard InChI is InChI=1S/C21H22N6O2/c1-26-19-3-2-14(8-16(19)12-23-26)21(28)25-20-10-18-15(11-22-20)9-17(24-18)13-27-4-6-29-7-5-27/h2-3,8-12,24H,4-7,13H2,1H3,(H,22,25,28). The van der Waals surface area contributed by atoms with Crippen LogP contribution in [0.4, 0.5) is 5.82 Å². The van der Waals surface area contributed by atoms with Gasteiger partial charge >= 0.3 is 0 Å². The van der Waals surface area contributed by atoms with Gasteiger partial charge < -0.3 is 15.0 Å². The number of hydrogen-bond donors (Lipinski definition) is 2. The van der Waals surface area contributed by atoms with Crippen molar-refractivity contribution in [1.82, 2.24) is 24.6 Å². The zero-order valence-corrected chi connectivity index (χ0v) is 16.2. The van der Waals surface area contributed by atoms with Gasteiger partial charge in [0.1, 0.15) is 5.82 Å². The van der Waals surface area contributed by atoms with Crippen LogP contribution in [0.3, 0.4) is 0 Å². The van der Waals surface area contributed by atoms with Crippen LogP contribution in [0.2, 0.25) is 0 Å². The fourth-order valence-electron chi connectivity index (χ4n) is 3.73. The Morgan fingerprint density at radius 3 is 2.90 bits per heavy atom. The van der Waals surface area contributed by atoms with Crippen LogP contribution in [0.5, 0.6) is 0 Å². The lowest BCUT2D eigenvalue weighted by Gasteiger charge is -2.25. The molecule has 2 N–H and O–H groups in total. The number of nitrogens with zero attached hydrogens (tertiary/aromatic N) is 4. The van der Waals surface area contributed by atoms with Gasteiger partial charge in [-0.2, -0.15) is 5.10 Å². The van der Waals surface area contributed by atoms with Gasteiger partial charge in [-0.3, -0.25) is 14.4 Å². The van der Waals surface area contributed by atoms with Gasteiger partial charge in [-0.1, -0.05) is 0 Å². The number of nitrogens with one attached hydrogen (secondary N) is 2. The molecule has 4 heterocycles. The Kier molecular flexibility index (Phi) is 4.49. The molecular formula is C21H22N6O2. The smallest absolute Gasteiger partial charge is 0.256 e. The molecule has 29 heavy (non-hydrogen) atoms. The van der Waals surface area contributed by atoms with Crippen LogP contribution in [0, 0.1) is 0 Å². The van der Waals surface area contributed by atoms with Crippen molar-refractivity contribution in [3.05, 3.63) is 54.0 Å². The summed E-state index contributed by atoms with van der Waals surface area (Å²) >= 11 is 0. The highest BCUT2D eigenvalue weighted by Gasteiger charge is 2.13. The highest BCUT2D eigenvalue weighted by Crippen LogP contribution is 2.20. The van der Waals surface area contributed by atoms with Crippen LogP contribution < -0.4 is 5.32 Å². The molecule has 1 amide bonds. The first-order valence-corrected chi connectivity index (χ1v) is 9.66. The molecule has 0 unspecified atom stereocenters. The molecule has 0 bridgehead atoms. The number of morpholine rings is 1. The third-order valence-corrected chi connectivity index (χ3v) is 5.31. The second-order valence-electron chi connectivity index (χ2n) is 7.34. The SMILES string of the molecule is Cn1ncc2cc(C(=O)Nc3cc4[nH]c(CN5CCOCC5)cc4cn3)ccc21. The summed E-state index contributed by atoms with van der Waals surface area (Å²) in [4.78, 5) is 22.9. The fraction of sp³-hybridized carbons (Fsp3) is 0.286. The van der Waals surface area contributed by atoms with E-state index in [9.17, 15) is 4.79 Å². The van der Waals surface area contributed by atoms with Gasteiger partial charge in [0.25, 0.3) is 5.91 Å². The minimum absolute atomic E-state index is 0.192. The Morgan fingerprint density at radius 1 is 1.17 bits per heavy atom. The van der Waals surface area contributed by atoms with Crippen LogP contribution in [0.1, 0.15) is 16.1 Å². The summed E-state index contributed by atoms with van der Waals surface area (Å²) in [5.74, 6) is 0.330. The number of aromatic amines is 1. The number of aromatic nitrogens is 4. The summed E-state index contributed by atoms with van der Waals surface area (Å²) < 4.78 is 7.19. The lowest BCUT2D eigenvalue weighted by Crippen LogP contribution is -2.35. The van der Waals surface area contributed by atoms with Crippen molar-refractivity contribution in [3.63, 3.8) is 0 Å². The van der Waals surface area contributed by atoms with Gasteiger partial charge in [0.15, 0.2) is 0 Å². The predicted molar refractivity (Wildman–Crippen MR) is 111 cm³/mol. The molecule has 1 aromatic carbocycles. The number of aryl methyl sites for hydroxylation is 1. The number of rotatable bonds is 4. The number of pyridine rings is 1. The summed E-state index contributed by atoms with van der Waals surface area (Å²) in [6.45, 7) is 4.29. The number of amides is 1. The van der Waals surface area contributed by atoms with Crippen LogP contribution in [0.15, 0.2) is 42.7 Å². The average Bonchev–Trinajstić information content (AvgIpc) is 3.31. The molecule has 8 heteroatoms. The van der Waals surface area contributed by atoms with Gasteiger partial charge in [-0.15, -0.1) is 0 Å². The normalized spacial score (nSPS) is 15.2. The molecule has 0 atom stereocenters. The van der Waals surface area contributed by atoms with Crippen molar-refractivity contribution in [2.24, 2.45) is 7.05 Å². The summed E-state index contributed by atoms with van der Waals surface area (Å²) in [7, 11) is 1.88. The predicted octanol–water partition coefficient (Wildman–Crippen LogP) is 2.53. The molecule has 5 rings (SSSR count). The molecule has 1 aliphatic rings. The zero-order chi connectivity index (χ0) is 19.8. The number of benzene rings is 1. The number of H-pyrrole nitrogens is 1. The fourth-order valence-corrected chi connectivity index (χ4v) is 3.73. The maximum Gasteiger partial charge on any atom is 0.256 e. The summed E-state index contributed by atoms with van der Waals surface area (Å²) in [5, 5.41) is 9.07. The Morgan fingerprint density at radius 2 is 2.03 bits per heavy atom. The van der Waals surface area contributed by atoms with Crippen molar-refractivity contribution in [2.75, 3.05) is 31.6 Å². The van der Waals surface area contributed by atoms with E-state index in [1.54, 1.807) is 23.1 Å². The number of carbonyl (C=O) groups excluding carboxylic acids is 1. The molecule has 0 saturated carbocycles. The second kappa shape index (κ2) is 7.31. The van der Waals surface area contributed by atoms with Gasteiger partial charge in [0.05, 0.1) is 30.4 Å². The Balaban J connectivity index is 1.33. The van der Waals surface area contributed by atoms with E-state index >= 15 is 0 Å². The number of fused-ring (bicyclic) bond motifs is 2. The van der Waals surface area contributed by atoms with Gasteiger partial charge in [-0.05, 0) is 24.3 Å². The molecule has 1 fully saturated rings. The highest BCUT2D eigenvalue weighted by atomic mass is 16.5. The molecule has 0 radical (unpaired) electrons. The van der Waals surface area contributed by atoms with Gasteiger partial charge in [-0.25, -0.2) is 4.98 Å². The van der Waals surface area contributed by atoms with E-state index < -0.39 is 0 Å². The largest absolute Gasteiger partial charge is 0.379 e. The monoisotopic (exact) mass is 390 g/mol. The molecule has 1 aliphatic heterocycles. The van der Waals surface area contributed by atoms with E-state index in [4.69, 9.17) is 4.74 Å². The second-order valence-corrected chi connectivity index (χ2v) is 7.34. The third-order valence-electron chi connectivity index (χ3n) is 5.31. The van der Waals surface area contributed by atoms with Crippen LogP contribution in [-0.2, 0) is 18.3 Å². The Bertz CT molecular complexity index is 1190. The van der Waals surface area contributed by atoms with E-state index in [2.05, 4.69) is 31.3 Å². The number of hydrogen-bond acceptors (Lipinski definition) is 5. The van der Waals surface area contributed by atoms with Crippen molar-refractivity contribution < 1.29 is 9.53 Å². The van der Waals surface area contributed by atoms with E-state index in [0.717, 1.165) is 60.3 Å². The first kappa shape index (κ1) is 17.8. The number of carbonyl (C=O) groups is 1. The van der Waals surface area contributed by atoms with Crippen molar-refractivity contribution in [1.29, 1.82) is 0 Å². The van der Waals surface area contributed by atoms with E-state index in [1.165, 1.54) is 0 Å². The highest BCUT2D eigenvalue weighted by molar-refractivity contribution is 6.06. The van der Waals surface area contributed by atoms with E-state index in [1.807, 2.05) is 25.2 Å². The third kappa shape index (κ3) is 3.59. The van der Waals surface area contributed by atoms with E-state index in [-0.39, 0.29) is 5.91 Å². The van der Waals surface area contributed by atoms with Crippen LogP contribution >= 0.6 is 0 Å². The van der Waals surface area contributed by atoms with Gasteiger partial charge in [0.2, 0.25) is 0 Å². The Labute approximate surface area is 167 Å². The zero-order valence-electron chi connectivity index (χ0n) is 16.2. The first-order valence-electron chi connectivity index (χ1n) is 9.66.